The lowest BCUT2D eigenvalue weighted by molar-refractivity contribution is -0.116. The monoisotopic (exact) mass is 429 g/mol. The minimum absolute atomic E-state index is 0.119. The first-order valence-electron chi connectivity index (χ1n) is 9.98. The van der Waals surface area contributed by atoms with Gasteiger partial charge in [0, 0.05) is 31.1 Å². The van der Waals surface area contributed by atoms with E-state index in [4.69, 9.17) is 9.15 Å². The Labute approximate surface area is 179 Å². The molecular formula is C23H25F2N3O3. The summed E-state index contributed by atoms with van der Waals surface area (Å²) in [7, 11) is 4.04. The molecule has 0 fully saturated rings. The number of halogens is 2. The van der Waals surface area contributed by atoms with Crippen LogP contribution in [0.1, 0.15) is 18.7 Å². The molecule has 0 bridgehead atoms. The van der Waals surface area contributed by atoms with Gasteiger partial charge in [0.05, 0.1) is 18.4 Å². The first-order valence-corrected chi connectivity index (χ1v) is 9.98. The minimum atomic E-state index is -0.731. The summed E-state index contributed by atoms with van der Waals surface area (Å²) in [6, 6.07) is 10.4. The Bertz CT molecular complexity index is 1000. The van der Waals surface area contributed by atoms with Gasteiger partial charge in [-0.05, 0) is 56.9 Å². The van der Waals surface area contributed by atoms with E-state index in [-0.39, 0.29) is 30.1 Å². The van der Waals surface area contributed by atoms with Crippen LogP contribution in [-0.4, -0.2) is 43.0 Å². The fraction of sp³-hybridized carbons (Fsp3) is 0.304. The summed E-state index contributed by atoms with van der Waals surface area (Å²) in [5.74, 6) is -0.360. The van der Waals surface area contributed by atoms with Crippen molar-refractivity contribution in [1.29, 1.82) is 0 Å². The van der Waals surface area contributed by atoms with Crippen LogP contribution in [0.4, 0.5) is 14.5 Å². The Balaban J connectivity index is 1.45. The van der Waals surface area contributed by atoms with E-state index in [0.29, 0.717) is 18.2 Å². The first kappa shape index (κ1) is 22.4. The van der Waals surface area contributed by atoms with Crippen LogP contribution in [0.3, 0.4) is 0 Å². The van der Waals surface area contributed by atoms with Crippen molar-refractivity contribution in [2.75, 3.05) is 32.6 Å². The maximum Gasteiger partial charge on any atom is 0.224 e. The quantitative estimate of drug-likeness (QED) is 0.480. The normalized spacial score (nSPS) is 11.0. The van der Waals surface area contributed by atoms with E-state index in [0.717, 1.165) is 30.8 Å². The molecule has 1 amide bonds. The van der Waals surface area contributed by atoms with Crippen molar-refractivity contribution in [2.45, 2.75) is 19.3 Å². The van der Waals surface area contributed by atoms with Crippen molar-refractivity contribution < 1.29 is 22.7 Å². The van der Waals surface area contributed by atoms with Gasteiger partial charge in [-0.25, -0.2) is 13.8 Å². The lowest BCUT2D eigenvalue weighted by Gasteiger charge is -2.11. The summed E-state index contributed by atoms with van der Waals surface area (Å²) in [5, 5.41) is 2.80. The molecule has 0 saturated carbocycles. The number of anilines is 1. The van der Waals surface area contributed by atoms with E-state index in [1.807, 2.05) is 26.2 Å². The molecule has 3 rings (SSSR count). The Kier molecular flexibility index (Phi) is 7.72. The fourth-order valence-electron chi connectivity index (χ4n) is 2.89. The standard InChI is InChI=1S/C23H25F2N3O3/c1-28(2)12-3-13-30-18-7-5-17(6-8-18)27-22(29)10-11-23-26-15-21(31-23)19-9-4-16(24)14-20(19)25/h4-9,14-15H,3,10-13H2,1-2H3,(H,27,29). The average Bonchev–Trinajstić information content (AvgIpc) is 3.19. The van der Waals surface area contributed by atoms with E-state index < -0.39 is 11.6 Å². The van der Waals surface area contributed by atoms with Crippen LogP contribution < -0.4 is 10.1 Å². The lowest BCUT2D eigenvalue weighted by Crippen LogP contribution is -2.15. The largest absolute Gasteiger partial charge is 0.494 e. The van der Waals surface area contributed by atoms with Gasteiger partial charge in [0.1, 0.15) is 17.4 Å². The lowest BCUT2D eigenvalue weighted by atomic mass is 10.2. The molecule has 2 aromatic carbocycles. The Hall–Kier alpha value is -3.26. The maximum atomic E-state index is 13.8. The van der Waals surface area contributed by atoms with Crippen LogP contribution in [0.25, 0.3) is 11.3 Å². The molecule has 164 valence electrons. The third-order valence-electron chi connectivity index (χ3n) is 4.47. The highest BCUT2D eigenvalue weighted by atomic mass is 19.1. The summed E-state index contributed by atoms with van der Waals surface area (Å²) in [5.41, 5.74) is 0.778. The third kappa shape index (κ3) is 6.89. The van der Waals surface area contributed by atoms with Crippen LogP contribution in [0, 0.1) is 11.6 Å². The zero-order valence-electron chi connectivity index (χ0n) is 17.5. The molecule has 0 atom stereocenters. The van der Waals surface area contributed by atoms with Gasteiger partial charge < -0.3 is 19.4 Å². The minimum Gasteiger partial charge on any atom is -0.494 e. The number of nitrogens with zero attached hydrogens (tertiary/aromatic N) is 2. The number of oxazole rings is 1. The van der Waals surface area contributed by atoms with Crippen molar-refractivity contribution in [3.05, 3.63) is 66.2 Å². The Morgan fingerprint density at radius 2 is 1.94 bits per heavy atom. The zero-order valence-corrected chi connectivity index (χ0v) is 17.5. The highest BCUT2D eigenvalue weighted by Crippen LogP contribution is 2.24. The van der Waals surface area contributed by atoms with Crippen LogP contribution in [0.15, 0.2) is 53.1 Å². The van der Waals surface area contributed by atoms with Gasteiger partial charge in [-0.3, -0.25) is 4.79 Å². The van der Waals surface area contributed by atoms with Crippen LogP contribution in [-0.2, 0) is 11.2 Å². The predicted molar refractivity (Wildman–Crippen MR) is 114 cm³/mol. The number of carbonyl (C=O) groups is 1. The molecule has 6 nitrogen and oxygen atoms in total. The second kappa shape index (κ2) is 10.7. The van der Waals surface area contributed by atoms with E-state index in [1.54, 1.807) is 12.1 Å². The molecule has 0 saturated heterocycles. The van der Waals surface area contributed by atoms with Gasteiger partial charge in [-0.15, -0.1) is 0 Å². The molecule has 0 spiro atoms. The molecule has 0 aliphatic rings. The number of carbonyl (C=O) groups excluding carboxylic acids is 1. The highest BCUT2D eigenvalue weighted by Gasteiger charge is 2.13. The second-order valence-electron chi connectivity index (χ2n) is 7.32. The number of hydrogen-bond acceptors (Lipinski definition) is 5. The topological polar surface area (TPSA) is 67.6 Å². The third-order valence-corrected chi connectivity index (χ3v) is 4.47. The van der Waals surface area contributed by atoms with Gasteiger partial charge in [-0.2, -0.15) is 0 Å². The number of hydrogen-bond donors (Lipinski definition) is 1. The van der Waals surface area contributed by atoms with Crippen LogP contribution in [0.2, 0.25) is 0 Å². The van der Waals surface area contributed by atoms with Gasteiger partial charge in [-0.1, -0.05) is 0 Å². The number of aromatic nitrogens is 1. The van der Waals surface area contributed by atoms with E-state index >= 15 is 0 Å². The first-order chi connectivity index (χ1) is 14.9. The molecule has 0 aliphatic heterocycles. The number of benzene rings is 2. The van der Waals surface area contributed by atoms with Crippen molar-refractivity contribution in [1.82, 2.24) is 9.88 Å². The van der Waals surface area contributed by atoms with Gasteiger partial charge in [0.25, 0.3) is 0 Å². The molecule has 0 radical (unpaired) electrons. The van der Waals surface area contributed by atoms with Gasteiger partial charge in [0.15, 0.2) is 11.7 Å². The molecule has 3 aromatic rings. The SMILES string of the molecule is CN(C)CCCOc1ccc(NC(=O)CCc2ncc(-c3ccc(F)cc3F)o2)cc1. The molecular weight excluding hydrogens is 404 g/mol. The molecule has 1 N–H and O–H groups in total. The number of aryl methyl sites for hydroxylation is 1. The molecule has 8 heteroatoms. The number of ether oxygens (including phenoxy) is 1. The van der Waals surface area contributed by atoms with Gasteiger partial charge >= 0.3 is 0 Å². The predicted octanol–water partition coefficient (Wildman–Crippen LogP) is 4.52. The van der Waals surface area contributed by atoms with E-state index in [2.05, 4.69) is 15.2 Å². The average molecular weight is 429 g/mol. The number of rotatable bonds is 10. The van der Waals surface area contributed by atoms with Crippen molar-refractivity contribution in [2.24, 2.45) is 0 Å². The van der Waals surface area contributed by atoms with Crippen molar-refractivity contribution >= 4 is 11.6 Å². The van der Waals surface area contributed by atoms with Crippen LogP contribution in [0.5, 0.6) is 5.75 Å². The molecule has 31 heavy (non-hydrogen) atoms. The van der Waals surface area contributed by atoms with E-state index in [1.165, 1.54) is 12.3 Å². The molecule has 0 aliphatic carbocycles. The number of amides is 1. The smallest absolute Gasteiger partial charge is 0.224 e. The highest BCUT2D eigenvalue weighted by molar-refractivity contribution is 5.90. The summed E-state index contributed by atoms with van der Waals surface area (Å²) >= 11 is 0. The number of nitrogens with one attached hydrogen (secondary N) is 1. The maximum absolute atomic E-state index is 13.8. The Morgan fingerprint density at radius 1 is 1.16 bits per heavy atom. The molecule has 1 heterocycles. The van der Waals surface area contributed by atoms with Gasteiger partial charge in [0.2, 0.25) is 5.91 Å². The molecule has 1 aromatic heterocycles. The Morgan fingerprint density at radius 3 is 2.65 bits per heavy atom. The summed E-state index contributed by atoms with van der Waals surface area (Å²) in [6.45, 7) is 1.59. The zero-order chi connectivity index (χ0) is 22.2. The van der Waals surface area contributed by atoms with Crippen molar-refractivity contribution in [3.63, 3.8) is 0 Å². The van der Waals surface area contributed by atoms with Crippen LogP contribution >= 0.6 is 0 Å². The summed E-state index contributed by atoms with van der Waals surface area (Å²) < 4.78 is 38.0. The summed E-state index contributed by atoms with van der Waals surface area (Å²) in [4.78, 5) is 18.4. The fourth-order valence-corrected chi connectivity index (χ4v) is 2.89. The molecule has 0 unspecified atom stereocenters. The van der Waals surface area contributed by atoms with Crippen molar-refractivity contribution in [3.8, 4) is 17.1 Å². The summed E-state index contributed by atoms with van der Waals surface area (Å²) in [6.07, 6.45) is 2.69. The second-order valence-corrected chi connectivity index (χ2v) is 7.32. The van der Waals surface area contributed by atoms with E-state index in [9.17, 15) is 13.6 Å².